The van der Waals surface area contributed by atoms with E-state index >= 15 is 0 Å². The van der Waals surface area contributed by atoms with Crippen LogP contribution in [0.15, 0.2) is 24.3 Å². The van der Waals surface area contributed by atoms with E-state index in [0.29, 0.717) is 18.6 Å². The van der Waals surface area contributed by atoms with Crippen molar-refractivity contribution in [3.8, 4) is 5.75 Å². The summed E-state index contributed by atoms with van der Waals surface area (Å²) in [5.74, 6) is 0.0158. The van der Waals surface area contributed by atoms with Crippen LogP contribution in [-0.2, 0) is 25.5 Å². The number of amides is 2. The molecule has 0 aromatic heterocycles. The summed E-state index contributed by atoms with van der Waals surface area (Å²) in [6, 6.07) is 7.23. The third-order valence-electron chi connectivity index (χ3n) is 4.13. The van der Waals surface area contributed by atoms with E-state index in [9.17, 15) is 14.4 Å². The minimum absolute atomic E-state index is 0.129. The van der Waals surface area contributed by atoms with E-state index in [1.807, 2.05) is 24.3 Å². The lowest BCUT2D eigenvalue weighted by atomic mass is 10.1. The number of hydrogen-bond acceptors (Lipinski definition) is 6. The SMILES string of the molecule is COC(=O)CCCCc1cccc(OCC(CCC(N)=O)NC(=O)OC(C)(C)C)c1. The van der Waals surface area contributed by atoms with Crippen LogP contribution in [0.4, 0.5) is 4.79 Å². The molecule has 0 radical (unpaired) electrons. The predicted molar refractivity (Wildman–Crippen MR) is 113 cm³/mol. The van der Waals surface area contributed by atoms with E-state index < -0.39 is 23.6 Å². The third-order valence-corrected chi connectivity index (χ3v) is 4.13. The van der Waals surface area contributed by atoms with Crippen LogP contribution in [0.5, 0.6) is 5.75 Å². The number of alkyl carbamates (subject to hydrolysis) is 1. The Morgan fingerprint density at radius 3 is 2.50 bits per heavy atom. The number of carbonyl (C=O) groups is 3. The number of unbranched alkanes of at least 4 members (excludes halogenated alkanes) is 1. The third kappa shape index (κ3) is 11.9. The first-order valence-electron chi connectivity index (χ1n) is 10.2. The Labute approximate surface area is 178 Å². The zero-order valence-electron chi connectivity index (χ0n) is 18.4. The highest BCUT2D eigenvalue weighted by Gasteiger charge is 2.20. The summed E-state index contributed by atoms with van der Waals surface area (Å²) in [6.07, 6.45) is 2.75. The zero-order valence-corrected chi connectivity index (χ0v) is 18.4. The number of ether oxygens (including phenoxy) is 3. The van der Waals surface area contributed by atoms with Gasteiger partial charge in [0.15, 0.2) is 0 Å². The van der Waals surface area contributed by atoms with Gasteiger partial charge in [-0.05, 0) is 64.2 Å². The normalized spacial score (nSPS) is 12.0. The summed E-state index contributed by atoms with van der Waals surface area (Å²) in [7, 11) is 1.39. The van der Waals surface area contributed by atoms with Gasteiger partial charge in [0, 0.05) is 12.8 Å². The molecule has 0 aliphatic heterocycles. The number of esters is 1. The van der Waals surface area contributed by atoms with E-state index in [1.165, 1.54) is 7.11 Å². The van der Waals surface area contributed by atoms with Crippen LogP contribution in [-0.4, -0.2) is 43.3 Å². The molecule has 8 nitrogen and oxygen atoms in total. The number of nitrogens with two attached hydrogens (primary N) is 1. The fraction of sp³-hybridized carbons (Fsp3) is 0.591. The molecule has 1 unspecified atom stereocenters. The molecule has 1 aromatic carbocycles. The average Bonchev–Trinajstić information content (AvgIpc) is 2.66. The summed E-state index contributed by atoms with van der Waals surface area (Å²) < 4.78 is 15.7. The number of benzene rings is 1. The van der Waals surface area contributed by atoms with Crippen molar-refractivity contribution < 1.29 is 28.6 Å². The van der Waals surface area contributed by atoms with Crippen molar-refractivity contribution in [1.82, 2.24) is 5.32 Å². The molecule has 0 fully saturated rings. The van der Waals surface area contributed by atoms with Gasteiger partial charge in [-0.15, -0.1) is 0 Å². The first kappa shape index (κ1) is 25.3. The first-order valence-corrected chi connectivity index (χ1v) is 10.2. The molecule has 30 heavy (non-hydrogen) atoms. The molecule has 0 saturated heterocycles. The van der Waals surface area contributed by atoms with E-state index in [0.717, 1.165) is 24.8 Å². The molecule has 0 aliphatic rings. The highest BCUT2D eigenvalue weighted by atomic mass is 16.6. The lowest BCUT2D eigenvalue weighted by Crippen LogP contribution is -2.42. The van der Waals surface area contributed by atoms with Crippen molar-refractivity contribution >= 4 is 18.0 Å². The topological polar surface area (TPSA) is 117 Å². The van der Waals surface area contributed by atoms with E-state index in [4.69, 9.17) is 15.2 Å². The van der Waals surface area contributed by atoms with Gasteiger partial charge >= 0.3 is 12.1 Å². The van der Waals surface area contributed by atoms with E-state index in [1.54, 1.807) is 20.8 Å². The first-order chi connectivity index (χ1) is 14.1. The van der Waals surface area contributed by atoms with E-state index in [2.05, 4.69) is 10.1 Å². The Hall–Kier alpha value is -2.77. The number of primary amides is 1. The molecule has 168 valence electrons. The Morgan fingerprint density at radius 2 is 1.87 bits per heavy atom. The minimum atomic E-state index is -0.624. The van der Waals surface area contributed by atoms with Gasteiger partial charge in [-0.25, -0.2) is 4.79 Å². The molecule has 3 N–H and O–H groups in total. The monoisotopic (exact) mass is 422 g/mol. The second-order valence-corrected chi connectivity index (χ2v) is 8.09. The van der Waals surface area contributed by atoms with Gasteiger partial charge in [0.25, 0.3) is 0 Å². The average molecular weight is 423 g/mol. The molecule has 0 heterocycles. The molecule has 1 rings (SSSR count). The van der Waals surface area contributed by atoms with Crippen molar-refractivity contribution in [2.45, 2.75) is 70.9 Å². The number of nitrogens with one attached hydrogen (secondary N) is 1. The van der Waals surface area contributed by atoms with E-state index in [-0.39, 0.29) is 19.0 Å². The highest BCUT2D eigenvalue weighted by molar-refractivity contribution is 5.74. The molecule has 0 bridgehead atoms. The van der Waals surface area contributed by atoms with Gasteiger partial charge in [-0.3, -0.25) is 9.59 Å². The van der Waals surface area contributed by atoms with Crippen molar-refractivity contribution in [3.63, 3.8) is 0 Å². The molecule has 1 aromatic rings. The molecular weight excluding hydrogens is 388 g/mol. The van der Waals surface area contributed by atoms with Crippen molar-refractivity contribution in [3.05, 3.63) is 29.8 Å². The van der Waals surface area contributed by atoms with Gasteiger partial charge in [0.2, 0.25) is 5.91 Å². The van der Waals surface area contributed by atoms with Crippen LogP contribution in [0, 0.1) is 0 Å². The smallest absolute Gasteiger partial charge is 0.407 e. The Balaban J connectivity index is 2.58. The summed E-state index contributed by atoms with van der Waals surface area (Å²) >= 11 is 0. The minimum Gasteiger partial charge on any atom is -0.491 e. The van der Waals surface area contributed by atoms with Gasteiger partial charge in [-0.2, -0.15) is 0 Å². The molecular formula is C22H34N2O6. The molecule has 0 spiro atoms. The van der Waals surface area contributed by atoms with Crippen LogP contribution in [0.25, 0.3) is 0 Å². The Kier molecular flexibility index (Phi) is 10.7. The van der Waals surface area contributed by atoms with Crippen molar-refractivity contribution in [2.75, 3.05) is 13.7 Å². The second-order valence-electron chi connectivity index (χ2n) is 8.09. The summed E-state index contributed by atoms with van der Waals surface area (Å²) in [4.78, 5) is 34.4. The maximum absolute atomic E-state index is 12.1. The quantitative estimate of drug-likeness (QED) is 0.395. The number of aryl methyl sites for hydroxylation is 1. The highest BCUT2D eigenvalue weighted by Crippen LogP contribution is 2.17. The van der Waals surface area contributed by atoms with Gasteiger partial charge in [0.1, 0.15) is 18.0 Å². The maximum Gasteiger partial charge on any atom is 0.407 e. The standard InChI is InChI=1S/C22H34N2O6/c1-22(2,3)30-21(27)24-17(12-13-19(23)25)15-29-18-10-7-9-16(14-18)8-5-6-11-20(26)28-4/h7,9-10,14,17H,5-6,8,11-13,15H2,1-4H3,(H2,23,25)(H,24,27). The van der Waals surface area contributed by atoms with Crippen LogP contribution in [0.2, 0.25) is 0 Å². The van der Waals surface area contributed by atoms with Crippen LogP contribution >= 0.6 is 0 Å². The Bertz CT molecular complexity index is 699. The maximum atomic E-state index is 12.1. The van der Waals surface area contributed by atoms with Gasteiger partial charge in [0.05, 0.1) is 13.2 Å². The number of rotatable bonds is 12. The largest absolute Gasteiger partial charge is 0.491 e. The van der Waals surface area contributed by atoms with Crippen LogP contribution in [0.1, 0.15) is 58.4 Å². The lowest BCUT2D eigenvalue weighted by Gasteiger charge is -2.23. The zero-order chi connectivity index (χ0) is 22.6. The fourth-order valence-corrected chi connectivity index (χ4v) is 2.68. The van der Waals surface area contributed by atoms with Gasteiger partial charge in [-0.1, -0.05) is 12.1 Å². The molecule has 0 aliphatic carbocycles. The molecule has 0 saturated carbocycles. The van der Waals surface area contributed by atoms with Crippen LogP contribution in [0.3, 0.4) is 0 Å². The fourth-order valence-electron chi connectivity index (χ4n) is 2.68. The van der Waals surface area contributed by atoms with Crippen molar-refractivity contribution in [1.29, 1.82) is 0 Å². The number of methoxy groups -OCH3 is 1. The lowest BCUT2D eigenvalue weighted by molar-refractivity contribution is -0.140. The Morgan fingerprint density at radius 1 is 1.13 bits per heavy atom. The molecule has 2 amide bonds. The summed E-state index contributed by atoms with van der Waals surface area (Å²) in [6.45, 7) is 5.51. The second kappa shape index (κ2) is 12.7. The predicted octanol–water partition coefficient (Wildman–Crippen LogP) is 3.11. The number of hydrogen-bond donors (Lipinski definition) is 2. The van der Waals surface area contributed by atoms with Crippen molar-refractivity contribution in [2.24, 2.45) is 5.73 Å². The molecule has 8 heteroatoms. The summed E-state index contributed by atoms with van der Waals surface area (Å²) in [5, 5.41) is 2.73. The van der Waals surface area contributed by atoms with Gasteiger partial charge < -0.3 is 25.3 Å². The van der Waals surface area contributed by atoms with Crippen LogP contribution < -0.4 is 15.8 Å². The molecule has 1 atom stereocenters. The summed E-state index contributed by atoms with van der Waals surface area (Å²) in [5.41, 5.74) is 5.70. The number of carbonyl (C=O) groups excluding carboxylic acids is 3.